The summed E-state index contributed by atoms with van der Waals surface area (Å²) in [6.07, 6.45) is 2.27. The van der Waals surface area contributed by atoms with Gasteiger partial charge in [0.1, 0.15) is 0 Å². The topological polar surface area (TPSA) is 37.4 Å². The number of carbonyl (C=O) groups is 2. The Labute approximate surface area is 136 Å². The van der Waals surface area contributed by atoms with Gasteiger partial charge >= 0.3 is 0 Å². The molecule has 1 amide bonds. The van der Waals surface area contributed by atoms with Gasteiger partial charge in [0.15, 0.2) is 5.78 Å². The minimum atomic E-state index is 0.0658. The Balaban J connectivity index is 1.85. The van der Waals surface area contributed by atoms with Crippen LogP contribution < -0.4 is 4.90 Å². The Bertz CT molecular complexity index is 764. The monoisotopic (exact) mass is 307 g/mol. The molecule has 2 aromatic carbocycles. The lowest BCUT2D eigenvalue weighted by atomic mass is 9.97. The average Bonchev–Trinajstić information content (AvgIpc) is 2.53. The number of anilines is 1. The fraction of sp³-hybridized carbons (Fsp3) is 0.300. The van der Waals surface area contributed by atoms with Crippen LogP contribution in [0.1, 0.15) is 40.4 Å². The molecule has 0 fully saturated rings. The molecule has 0 spiro atoms. The third-order valence-corrected chi connectivity index (χ3v) is 4.34. The quantitative estimate of drug-likeness (QED) is 0.810. The van der Waals surface area contributed by atoms with Crippen molar-refractivity contribution in [2.24, 2.45) is 0 Å². The van der Waals surface area contributed by atoms with Crippen LogP contribution in [0.4, 0.5) is 5.69 Å². The standard InChI is InChI=1S/C20H21NO2/c1-14-5-3-6-16(11-14)12-20(23)21-10-4-7-18-13-17(15(2)22)8-9-19(18)21/h3,5-6,8-9,11,13H,4,7,10,12H2,1-2H3. The Morgan fingerprint density at radius 2 is 1.96 bits per heavy atom. The molecular formula is C20H21NO2. The maximum Gasteiger partial charge on any atom is 0.231 e. The molecule has 2 aromatic rings. The van der Waals surface area contributed by atoms with Crippen LogP contribution in [0.3, 0.4) is 0 Å². The first-order valence-electron chi connectivity index (χ1n) is 8.04. The zero-order valence-corrected chi connectivity index (χ0v) is 13.6. The maximum absolute atomic E-state index is 12.7. The maximum atomic E-state index is 12.7. The normalized spacial score (nSPS) is 13.6. The van der Waals surface area contributed by atoms with E-state index >= 15 is 0 Å². The molecule has 1 aliphatic rings. The van der Waals surface area contributed by atoms with Gasteiger partial charge in [-0.25, -0.2) is 0 Å². The van der Waals surface area contributed by atoms with Crippen LogP contribution in [-0.4, -0.2) is 18.2 Å². The van der Waals surface area contributed by atoms with E-state index in [0.717, 1.165) is 41.8 Å². The first-order valence-corrected chi connectivity index (χ1v) is 8.04. The molecular weight excluding hydrogens is 286 g/mol. The molecule has 0 saturated heterocycles. The predicted molar refractivity (Wildman–Crippen MR) is 92.0 cm³/mol. The number of hydrogen-bond acceptors (Lipinski definition) is 2. The Hall–Kier alpha value is -2.42. The van der Waals surface area contributed by atoms with Crippen LogP contribution in [0.25, 0.3) is 0 Å². The smallest absolute Gasteiger partial charge is 0.231 e. The fourth-order valence-corrected chi connectivity index (χ4v) is 3.17. The minimum Gasteiger partial charge on any atom is -0.312 e. The van der Waals surface area contributed by atoms with Crippen LogP contribution >= 0.6 is 0 Å². The van der Waals surface area contributed by atoms with Crippen molar-refractivity contribution in [1.29, 1.82) is 0 Å². The van der Waals surface area contributed by atoms with Crippen LogP contribution in [0.15, 0.2) is 42.5 Å². The zero-order chi connectivity index (χ0) is 16.4. The van der Waals surface area contributed by atoms with Gasteiger partial charge in [-0.1, -0.05) is 29.8 Å². The van der Waals surface area contributed by atoms with Gasteiger partial charge < -0.3 is 4.90 Å². The first-order chi connectivity index (χ1) is 11.0. The Kier molecular flexibility index (Phi) is 4.28. The van der Waals surface area contributed by atoms with Gasteiger partial charge in [0.05, 0.1) is 6.42 Å². The number of aryl methyl sites for hydroxylation is 2. The molecule has 3 rings (SSSR count). The van der Waals surface area contributed by atoms with E-state index in [-0.39, 0.29) is 11.7 Å². The highest BCUT2D eigenvalue weighted by Crippen LogP contribution is 2.29. The molecule has 0 radical (unpaired) electrons. The molecule has 0 bridgehead atoms. The van der Waals surface area contributed by atoms with Crippen LogP contribution in [0.5, 0.6) is 0 Å². The summed E-state index contributed by atoms with van der Waals surface area (Å²) >= 11 is 0. The van der Waals surface area contributed by atoms with Gasteiger partial charge in [0.25, 0.3) is 0 Å². The summed E-state index contributed by atoms with van der Waals surface area (Å²) in [6.45, 7) is 4.36. The Morgan fingerprint density at radius 1 is 1.13 bits per heavy atom. The lowest BCUT2D eigenvalue weighted by Gasteiger charge is -2.30. The fourth-order valence-electron chi connectivity index (χ4n) is 3.17. The number of hydrogen-bond donors (Lipinski definition) is 0. The van der Waals surface area contributed by atoms with Crippen molar-refractivity contribution >= 4 is 17.4 Å². The first kappa shape index (κ1) is 15.5. The molecule has 0 saturated carbocycles. The largest absolute Gasteiger partial charge is 0.312 e. The van der Waals surface area contributed by atoms with Crippen LogP contribution in [-0.2, 0) is 17.6 Å². The lowest BCUT2D eigenvalue weighted by molar-refractivity contribution is -0.118. The van der Waals surface area contributed by atoms with E-state index in [2.05, 4.69) is 6.07 Å². The van der Waals surface area contributed by atoms with Crippen LogP contribution in [0.2, 0.25) is 0 Å². The van der Waals surface area contributed by atoms with Gasteiger partial charge in [-0.2, -0.15) is 0 Å². The van der Waals surface area contributed by atoms with E-state index in [4.69, 9.17) is 0 Å². The number of ketones is 1. The lowest BCUT2D eigenvalue weighted by Crippen LogP contribution is -2.36. The molecule has 118 valence electrons. The highest BCUT2D eigenvalue weighted by molar-refractivity contribution is 5.98. The average molecular weight is 307 g/mol. The number of benzene rings is 2. The number of amides is 1. The molecule has 0 atom stereocenters. The second-order valence-electron chi connectivity index (χ2n) is 6.21. The van der Waals surface area contributed by atoms with Crippen molar-refractivity contribution in [2.45, 2.75) is 33.1 Å². The van der Waals surface area contributed by atoms with Crippen molar-refractivity contribution in [3.05, 3.63) is 64.7 Å². The molecule has 23 heavy (non-hydrogen) atoms. The second-order valence-corrected chi connectivity index (χ2v) is 6.21. The number of Topliss-reactive ketones (excluding diaryl/α,β-unsaturated/α-hetero) is 1. The summed E-state index contributed by atoms with van der Waals surface area (Å²) in [7, 11) is 0. The van der Waals surface area contributed by atoms with E-state index in [1.165, 1.54) is 5.56 Å². The summed E-state index contributed by atoms with van der Waals surface area (Å²) in [5.41, 5.74) is 4.99. The van der Waals surface area contributed by atoms with Crippen molar-refractivity contribution in [3.8, 4) is 0 Å². The summed E-state index contributed by atoms with van der Waals surface area (Å²) in [4.78, 5) is 26.1. The molecule has 1 aliphatic heterocycles. The predicted octanol–water partition coefficient (Wildman–Crippen LogP) is 3.72. The molecule has 0 aromatic heterocycles. The third-order valence-electron chi connectivity index (χ3n) is 4.34. The number of rotatable bonds is 3. The molecule has 3 nitrogen and oxygen atoms in total. The SMILES string of the molecule is CC(=O)c1ccc2c(c1)CCCN2C(=O)Cc1cccc(C)c1. The highest BCUT2D eigenvalue weighted by Gasteiger charge is 2.23. The number of fused-ring (bicyclic) bond motifs is 1. The van der Waals surface area contributed by atoms with Gasteiger partial charge in [-0.05, 0) is 56.0 Å². The van der Waals surface area contributed by atoms with Crippen LogP contribution in [0, 0.1) is 6.92 Å². The van der Waals surface area contributed by atoms with Crippen molar-refractivity contribution in [1.82, 2.24) is 0 Å². The van der Waals surface area contributed by atoms with E-state index in [9.17, 15) is 9.59 Å². The van der Waals surface area contributed by atoms with E-state index in [0.29, 0.717) is 6.42 Å². The van der Waals surface area contributed by atoms with Crippen molar-refractivity contribution in [2.75, 3.05) is 11.4 Å². The summed E-state index contributed by atoms with van der Waals surface area (Å²) in [6, 6.07) is 13.7. The van der Waals surface area contributed by atoms with Gasteiger partial charge in [-0.3, -0.25) is 9.59 Å². The third kappa shape index (κ3) is 3.34. The van der Waals surface area contributed by atoms with Gasteiger partial charge in [-0.15, -0.1) is 0 Å². The van der Waals surface area contributed by atoms with Gasteiger partial charge in [0, 0.05) is 17.8 Å². The summed E-state index contributed by atoms with van der Waals surface area (Å²) in [5, 5.41) is 0. The summed E-state index contributed by atoms with van der Waals surface area (Å²) < 4.78 is 0. The molecule has 1 heterocycles. The molecule has 0 N–H and O–H groups in total. The minimum absolute atomic E-state index is 0.0658. The van der Waals surface area contributed by atoms with E-state index in [1.54, 1.807) is 6.92 Å². The Morgan fingerprint density at radius 3 is 2.70 bits per heavy atom. The van der Waals surface area contributed by atoms with Crippen molar-refractivity contribution < 1.29 is 9.59 Å². The zero-order valence-electron chi connectivity index (χ0n) is 13.6. The number of carbonyl (C=O) groups excluding carboxylic acids is 2. The van der Waals surface area contributed by atoms with Gasteiger partial charge in [0.2, 0.25) is 5.91 Å². The molecule has 0 unspecified atom stereocenters. The number of nitrogens with zero attached hydrogens (tertiary/aromatic N) is 1. The highest BCUT2D eigenvalue weighted by atomic mass is 16.2. The molecule has 0 aliphatic carbocycles. The van der Waals surface area contributed by atoms with E-state index in [1.807, 2.05) is 48.2 Å². The van der Waals surface area contributed by atoms with Crippen molar-refractivity contribution in [3.63, 3.8) is 0 Å². The summed E-state index contributed by atoms with van der Waals surface area (Å²) in [5.74, 6) is 0.183. The molecule has 3 heteroatoms. The van der Waals surface area contributed by atoms with E-state index < -0.39 is 0 Å². The second kappa shape index (κ2) is 6.37.